The lowest BCUT2D eigenvalue weighted by molar-refractivity contribution is 0.296. The molecule has 19 heavy (non-hydrogen) atoms. The second-order valence-corrected chi connectivity index (χ2v) is 5.54. The summed E-state index contributed by atoms with van der Waals surface area (Å²) in [5, 5.41) is 4.75. The van der Waals surface area contributed by atoms with Crippen molar-refractivity contribution in [2.75, 3.05) is 26.2 Å². The largest absolute Gasteiger partial charge is 0.310 e. The quantitative estimate of drug-likeness (QED) is 0.717. The molecule has 0 saturated carbocycles. The summed E-state index contributed by atoms with van der Waals surface area (Å²) in [6.45, 7) is 11.0. The van der Waals surface area contributed by atoms with Crippen molar-refractivity contribution in [1.82, 2.24) is 10.2 Å². The Hall–Kier alpha value is -0.280. The zero-order valence-corrected chi connectivity index (χ0v) is 13.6. The highest BCUT2D eigenvalue weighted by Gasteiger charge is 2.07. The minimum Gasteiger partial charge on any atom is -0.310 e. The Morgan fingerprint density at radius 1 is 1.16 bits per heavy atom. The first kappa shape index (κ1) is 16.8. The lowest BCUT2D eigenvalue weighted by Gasteiger charge is -2.19. The maximum atomic E-state index is 6.03. The maximum absolute atomic E-state index is 6.03. The van der Waals surface area contributed by atoms with E-state index >= 15 is 0 Å². The monoisotopic (exact) mass is 302 g/mol. The Morgan fingerprint density at radius 3 is 2.42 bits per heavy atom. The first-order chi connectivity index (χ1) is 9.08. The molecule has 0 radical (unpaired) electrons. The van der Waals surface area contributed by atoms with Crippen LogP contribution in [-0.2, 0) is 0 Å². The van der Waals surface area contributed by atoms with Crippen LogP contribution in [0.4, 0.5) is 0 Å². The van der Waals surface area contributed by atoms with Crippen molar-refractivity contribution in [2.45, 2.75) is 33.2 Å². The molecule has 0 aliphatic carbocycles. The predicted octanol–water partition coefficient (Wildman–Crippen LogP) is 4.38. The van der Waals surface area contributed by atoms with Gasteiger partial charge in [-0.25, -0.2) is 0 Å². The summed E-state index contributed by atoms with van der Waals surface area (Å²) in [7, 11) is 0. The van der Waals surface area contributed by atoms with Crippen molar-refractivity contribution in [3.8, 4) is 0 Å². The van der Waals surface area contributed by atoms with Gasteiger partial charge < -0.3 is 10.2 Å². The van der Waals surface area contributed by atoms with Crippen LogP contribution in [0.3, 0.4) is 0 Å². The highest BCUT2D eigenvalue weighted by atomic mass is 35.5. The Bertz CT molecular complexity index is 378. The Morgan fingerprint density at radius 2 is 1.84 bits per heavy atom. The number of nitrogens with zero attached hydrogens (tertiary/aromatic N) is 1. The smallest absolute Gasteiger partial charge is 0.0595 e. The first-order valence-corrected chi connectivity index (χ1v) is 7.74. The van der Waals surface area contributed by atoms with Crippen LogP contribution in [-0.4, -0.2) is 31.1 Å². The SMILES string of the molecule is CCN(CC)CCCNC(C)c1ccc(Cl)c(Cl)c1. The number of hydrogen-bond donors (Lipinski definition) is 1. The summed E-state index contributed by atoms with van der Waals surface area (Å²) in [6.07, 6.45) is 1.16. The van der Waals surface area contributed by atoms with E-state index in [0.29, 0.717) is 16.1 Å². The Balaban J connectivity index is 2.34. The molecule has 1 N–H and O–H groups in total. The molecule has 0 spiro atoms. The second-order valence-electron chi connectivity index (χ2n) is 4.73. The standard InChI is InChI=1S/C15H24Cl2N2/c1-4-19(5-2)10-6-9-18-12(3)13-7-8-14(16)15(17)11-13/h7-8,11-12,18H,4-6,9-10H2,1-3H3. The van der Waals surface area contributed by atoms with Crippen LogP contribution < -0.4 is 5.32 Å². The van der Waals surface area contributed by atoms with Gasteiger partial charge in [-0.15, -0.1) is 0 Å². The summed E-state index contributed by atoms with van der Waals surface area (Å²) >= 11 is 12.0. The molecule has 1 aromatic rings. The molecular weight excluding hydrogens is 279 g/mol. The van der Waals surface area contributed by atoms with Gasteiger partial charge in [0.25, 0.3) is 0 Å². The number of rotatable bonds is 8. The molecule has 0 fully saturated rings. The topological polar surface area (TPSA) is 15.3 Å². The summed E-state index contributed by atoms with van der Waals surface area (Å²) in [6, 6.07) is 6.11. The van der Waals surface area contributed by atoms with Crippen molar-refractivity contribution in [3.05, 3.63) is 33.8 Å². The molecule has 0 amide bonds. The van der Waals surface area contributed by atoms with Gasteiger partial charge in [-0.1, -0.05) is 43.1 Å². The van der Waals surface area contributed by atoms with Crippen molar-refractivity contribution in [1.29, 1.82) is 0 Å². The van der Waals surface area contributed by atoms with Gasteiger partial charge in [0.1, 0.15) is 0 Å². The molecule has 108 valence electrons. The van der Waals surface area contributed by atoms with Gasteiger partial charge >= 0.3 is 0 Å². The number of hydrogen-bond acceptors (Lipinski definition) is 2. The molecule has 0 bridgehead atoms. The minimum atomic E-state index is 0.298. The number of nitrogens with one attached hydrogen (secondary N) is 1. The molecule has 0 aliphatic heterocycles. The van der Waals surface area contributed by atoms with E-state index in [0.717, 1.165) is 32.6 Å². The van der Waals surface area contributed by atoms with Crippen LogP contribution in [0, 0.1) is 0 Å². The van der Waals surface area contributed by atoms with Crippen LogP contribution >= 0.6 is 23.2 Å². The van der Waals surface area contributed by atoms with Gasteiger partial charge in [0, 0.05) is 6.04 Å². The fourth-order valence-corrected chi connectivity index (χ4v) is 2.37. The Kier molecular flexibility index (Phi) is 7.77. The molecule has 0 aromatic heterocycles. The van der Waals surface area contributed by atoms with Crippen LogP contribution in [0.5, 0.6) is 0 Å². The van der Waals surface area contributed by atoms with E-state index in [1.807, 2.05) is 18.2 Å². The van der Waals surface area contributed by atoms with Gasteiger partial charge in [0.2, 0.25) is 0 Å². The van der Waals surface area contributed by atoms with Gasteiger partial charge in [0.15, 0.2) is 0 Å². The molecule has 2 nitrogen and oxygen atoms in total. The van der Waals surface area contributed by atoms with Crippen molar-refractivity contribution >= 4 is 23.2 Å². The van der Waals surface area contributed by atoms with Crippen molar-refractivity contribution in [3.63, 3.8) is 0 Å². The molecule has 4 heteroatoms. The molecular formula is C15H24Cl2N2. The normalized spacial score (nSPS) is 12.9. The zero-order valence-electron chi connectivity index (χ0n) is 12.0. The van der Waals surface area contributed by atoms with E-state index in [-0.39, 0.29) is 0 Å². The molecule has 1 unspecified atom stereocenters. The van der Waals surface area contributed by atoms with Crippen LogP contribution in [0.1, 0.15) is 38.8 Å². The lowest BCUT2D eigenvalue weighted by Crippen LogP contribution is -2.28. The van der Waals surface area contributed by atoms with Crippen LogP contribution in [0.15, 0.2) is 18.2 Å². The second kappa shape index (κ2) is 8.80. The molecule has 1 rings (SSSR count). The Labute approximate surface area is 127 Å². The van der Waals surface area contributed by atoms with E-state index in [2.05, 4.69) is 31.0 Å². The van der Waals surface area contributed by atoms with Crippen molar-refractivity contribution in [2.24, 2.45) is 0 Å². The average molecular weight is 303 g/mol. The molecule has 1 atom stereocenters. The highest BCUT2D eigenvalue weighted by Crippen LogP contribution is 2.25. The first-order valence-electron chi connectivity index (χ1n) is 6.99. The summed E-state index contributed by atoms with van der Waals surface area (Å²) < 4.78 is 0. The summed E-state index contributed by atoms with van der Waals surface area (Å²) in [5.41, 5.74) is 1.18. The van der Waals surface area contributed by atoms with Gasteiger partial charge in [-0.3, -0.25) is 0 Å². The molecule has 0 aliphatic rings. The minimum absolute atomic E-state index is 0.298. The third-order valence-corrected chi connectivity index (χ3v) is 4.18. The summed E-state index contributed by atoms with van der Waals surface area (Å²) in [4.78, 5) is 2.44. The molecule has 0 heterocycles. The molecule has 1 aromatic carbocycles. The van der Waals surface area contributed by atoms with Gasteiger partial charge in [-0.05, 0) is 57.2 Å². The van der Waals surface area contributed by atoms with Gasteiger partial charge in [0.05, 0.1) is 10.0 Å². The highest BCUT2D eigenvalue weighted by molar-refractivity contribution is 6.42. The van der Waals surface area contributed by atoms with Crippen LogP contribution in [0.2, 0.25) is 10.0 Å². The maximum Gasteiger partial charge on any atom is 0.0595 e. The summed E-state index contributed by atoms with van der Waals surface area (Å²) in [5.74, 6) is 0. The number of halogens is 2. The van der Waals surface area contributed by atoms with E-state index < -0.39 is 0 Å². The predicted molar refractivity (Wildman–Crippen MR) is 85.3 cm³/mol. The van der Waals surface area contributed by atoms with E-state index in [9.17, 15) is 0 Å². The third-order valence-electron chi connectivity index (χ3n) is 3.44. The van der Waals surface area contributed by atoms with E-state index in [1.54, 1.807) is 0 Å². The van der Waals surface area contributed by atoms with E-state index in [1.165, 1.54) is 5.56 Å². The van der Waals surface area contributed by atoms with E-state index in [4.69, 9.17) is 23.2 Å². The fraction of sp³-hybridized carbons (Fsp3) is 0.600. The third kappa shape index (κ3) is 5.70. The average Bonchev–Trinajstić information content (AvgIpc) is 2.42. The number of benzene rings is 1. The lowest BCUT2D eigenvalue weighted by atomic mass is 10.1. The van der Waals surface area contributed by atoms with Crippen LogP contribution in [0.25, 0.3) is 0 Å². The fourth-order valence-electron chi connectivity index (χ4n) is 2.06. The van der Waals surface area contributed by atoms with Gasteiger partial charge in [-0.2, -0.15) is 0 Å². The molecule has 0 saturated heterocycles. The zero-order chi connectivity index (χ0) is 14.3. The van der Waals surface area contributed by atoms with Crippen molar-refractivity contribution < 1.29 is 0 Å².